The minimum absolute atomic E-state index is 0.0363. The van der Waals surface area contributed by atoms with Crippen molar-refractivity contribution in [1.82, 2.24) is 5.43 Å². The van der Waals surface area contributed by atoms with E-state index in [4.69, 9.17) is 5.73 Å². The SMILES string of the molecule is COC(=O)c1cccc(C=NNC(N)=S)c1F. The number of carbonyl (C=O) groups excluding carboxylic acids is 1. The molecule has 17 heavy (non-hydrogen) atoms. The van der Waals surface area contributed by atoms with Crippen molar-refractivity contribution in [2.24, 2.45) is 10.8 Å². The number of hydrazone groups is 1. The summed E-state index contributed by atoms with van der Waals surface area (Å²) in [6.07, 6.45) is 1.17. The fourth-order valence-electron chi connectivity index (χ4n) is 1.08. The molecule has 1 rings (SSSR count). The Balaban J connectivity index is 2.98. The highest BCUT2D eigenvalue weighted by molar-refractivity contribution is 7.80. The predicted molar refractivity (Wildman–Crippen MR) is 65.3 cm³/mol. The number of halogens is 1. The number of carbonyl (C=O) groups is 1. The van der Waals surface area contributed by atoms with Gasteiger partial charge in [0, 0.05) is 5.56 Å². The molecule has 5 nitrogen and oxygen atoms in total. The number of nitrogens with zero attached hydrogens (tertiary/aromatic N) is 1. The van der Waals surface area contributed by atoms with Crippen LogP contribution in [0.15, 0.2) is 23.3 Å². The molecule has 0 spiro atoms. The van der Waals surface area contributed by atoms with Crippen LogP contribution >= 0.6 is 12.2 Å². The van der Waals surface area contributed by atoms with Crippen LogP contribution < -0.4 is 11.2 Å². The zero-order valence-electron chi connectivity index (χ0n) is 8.94. The third kappa shape index (κ3) is 3.49. The van der Waals surface area contributed by atoms with Gasteiger partial charge in [-0.3, -0.25) is 5.43 Å². The Morgan fingerprint density at radius 2 is 2.35 bits per heavy atom. The normalized spacial score (nSPS) is 10.2. The third-order valence-electron chi connectivity index (χ3n) is 1.81. The van der Waals surface area contributed by atoms with Gasteiger partial charge in [0.25, 0.3) is 0 Å². The lowest BCUT2D eigenvalue weighted by Gasteiger charge is -2.03. The quantitative estimate of drug-likeness (QED) is 0.361. The number of benzene rings is 1. The average Bonchev–Trinajstić information content (AvgIpc) is 2.30. The Bertz CT molecular complexity index is 477. The largest absolute Gasteiger partial charge is 0.465 e. The van der Waals surface area contributed by atoms with Crippen LogP contribution in [0.3, 0.4) is 0 Å². The van der Waals surface area contributed by atoms with E-state index in [-0.39, 0.29) is 16.2 Å². The van der Waals surface area contributed by atoms with Crippen LogP contribution in [0.4, 0.5) is 4.39 Å². The maximum Gasteiger partial charge on any atom is 0.340 e. The molecule has 0 radical (unpaired) electrons. The first-order valence-electron chi connectivity index (χ1n) is 4.51. The van der Waals surface area contributed by atoms with Gasteiger partial charge in [-0.1, -0.05) is 12.1 Å². The van der Waals surface area contributed by atoms with E-state index in [0.29, 0.717) is 0 Å². The van der Waals surface area contributed by atoms with Crippen LogP contribution in [0.2, 0.25) is 0 Å². The smallest absolute Gasteiger partial charge is 0.340 e. The minimum atomic E-state index is -0.750. The van der Waals surface area contributed by atoms with E-state index in [1.54, 1.807) is 0 Å². The molecule has 0 unspecified atom stereocenters. The second-order valence-corrected chi connectivity index (χ2v) is 3.37. The van der Waals surface area contributed by atoms with Crippen LogP contribution in [-0.2, 0) is 4.74 Å². The predicted octanol–water partition coefficient (Wildman–Crippen LogP) is 0.779. The van der Waals surface area contributed by atoms with E-state index >= 15 is 0 Å². The molecule has 0 aliphatic carbocycles. The van der Waals surface area contributed by atoms with Crippen LogP contribution in [0.5, 0.6) is 0 Å². The minimum Gasteiger partial charge on any atom is -0.465 e. The fraction of sp³-hybridized carbons (Fsp3) is 0.100. The number of hydrogen-bond acceptors (Lipinski definition) is 4. The zero-order chi connectivity index (χ0) is 12.8. The first-order chi connectivity index (χ1) is 8.06. The summed E-state index contributed by atoms with van der Waals surface area (Å²) < 4.78 is 18.2. The summed E-state index contributed by atoms with van der Waals surface area (Å²) in [5.41, 5.74) is 7.37. The van der Waals surface area contributed by atoms with Crippen LogP contribution in [0, 0.1) is 5.82 Å². The maximum atomic E-state index is 13.8. The number of methoxy groups -OCH3 is 1. The van der Waals surface area contributed by atoms with Gasteiger partial charge in [0.15, 0.2) is 5.11 Å². The molecule has 0 aromatic heterocycles. The summed E-state index contributed by atoms with van der Waals surface area (Å²) >= 11 is 4.51. The molecule has 90 valence electrons. The Labute approximate surface area is 102 Å². The number of nitrogens with one attached hydrogen (secondary N) is 1. The van der Waals surface area contributed by atoms with Gasteiger partial charge >= 0.3 is 5.97 Å². The highest BCUT2D eigenvalue weighted by atomic mass is 32.1. The van der Waals surface area contributed by atoms with Crippen molar-refractivity contribution in [3.8, 4) is 0 Å². The van der Waals surface area contributed by atoms with E-state index in [2.05, 4.69) is 27.5 Å². The average molecular weight is 255 g/mol. The summed E-state index contributed by atoms with van der Waals surface area (Å²) in [6, 6.07) is 4.28. The summed E-state index contributed by atoms with van der Waals surface area (Å²) in [5, 5.41) is 3.56. The maximum absolute atomic E-state index is 13.8. The number of rotatable bonds is 3. The standard InChI is InChI=1S/C10H10FN3O2S/c1-16-9(15)7-4-2-3-6(8(7)11)5-13-14-10(12)17/h2-5H,1H3,(H3,12,14,17). The molecule has 3 N–H and O–H groups in total. The van der Waals surface area contributed by atoms with E-state index in [1.165, 1.54) is 31.5 Å². The Hall–Kier alpha value is -2.02. The van der Waals surface area contributed by atoms with Crippen molar-refractivity contribution in [1.29, 1.82) is 0 Å². The van der Waals surface area contributed by atoms with Crippen molar-refractivity contribution < 1.29 is 13.9 Å². The molecule has 0 saturated carbocycles. The molecule has 7 heteroatoms. The first-order valence-corrected chi connectivity index (χ1v) is 4.92. The van der Waals surface area contributed by atoms with Crippen molar-refractivity contribution in [2.45, 2.75) is 0 Å². The monoisotopic (exact) mass is 255 g/mol. The van der Waals surface area contributed by atoms with Crippen molar-refractivity contribution in [2.75, 3.05) is 7.11 Å². The van der Waals surface area contributed by atoms with Gasteiger partial charge in [-0.2, -0.15) is 5.10 Å². The molecule has 1 aromatic rings. The molecule has 0 aliphatic rings. The highest BCUT2D eigenvalue weighted by Crippen LogP contribution is 2.12. The van der Waals surface area contributed by atoms with Gasteiger partial charge < -0.3 is 10.5 Å². The molecule has 0 fully saturated rings. The van der Waals surface area contributed by atoms with Gasteiger partial charge in [-0.25, -0.2) is 9.18 Å². The van der Waals surface area contributed by atoms with Gasteiger partial charge in [-0.05, 0) is 18.3 Å². The van der Waals surface area contributed by atoms with Crippen LogP contribution in [-0.4, -0.2) is 24.4 Å². The Kier molecular flexibility index (Phi) is 4.53. The Morgan fingerprint density at radius 1 is 1.65 bits per heavy atom. The van der Waals surface area contributed by atoms with E-state index in [1.807, 2.05) is 0 Å². The van der Waals surface area contributed by atoms with Gasteiger partial charge in [0.05, 0.1) is 18.9 Å². The molecular weight excluding hydrogens is 245 g/mol. The zero-order valence-corrected chi connectivity index (χ0v) is 9.75. The number of nitrogens with two attached hydrogens (primary N) is 1. The first kappa shape index (κ1) is 13.0. The topological polar surface area (TPSA) is 76.7 Å². The molecule has 0 atom stereocenters. The number of ether oxygens (including phenoxy) is 1. The summed E-state index contributed by atoms with van der Waals surface area (Å²) in [4.78, 5) is 11.2. The molecular formula is C10H10FN3O2S. The van der Waals surface area contributed by atoms with Crippen molar-refractivity contribution in [3.05, 3.63) is 35.1 Å². The van der Waals surface area contributed by atoms with Crippen LogP contribution in [0.25, 0.3) is 0 Å². The van der Waals surface area contributed by atoms with E-state index < -0.39 is 11.8 Å². The number of esters is 1. The fourth-order valence-corrected chi connectivity index (χ4v) is 1.14. The number of thiocarbonyl (C=S) groups is 1. The van der Waals surface area contributed by atoms with Gasteiger partial charge in [-0.15, -0.1) is 0 Å². The molecule has 1 aromatic carbocycles. The lowest BCUT2D eigenvalue weighted by molar-refractivity contribution is 0.0595. The van der Waals surface area contributed by atoms with Crippen molar-refractivity contribution in [3.63, 3.8) is 0 Å². The van der Waals surface area contributed by atoms with Crippen molar-refractivity contribution >= 4 is 29.5 Å². The molecule has 0 bridgehead atoms. The van der Waals surface area contributed by atoms with Gasteiger partial charge in [0.2, 0.25) is 0 Å². The van der Waals surface area contributed by atoms with Crippen LogP contribution in [0.1, 0.15) is 15.9 Å². The molecule has 0 amide bonds. The van der Waals surface area contributed by atoms with Gasteiger partial charge in [0.1, 0.15) is 5.82 Å². The summed E-state index contributed by atoms with van der Waals surface area (Å²) in [6.45, 7) is 0. The molecule has 0 heterocycles. The summed E-state index contributed by atoms with van der Waals surface area (Å²) in [5.74, 6) is -1.46. The highest BCUT2D eigenvalue weighted by Gasteiger charge is 2.13. The van der Waals surface area contributed by atoms with E-state index in [9.17, 15) is 9.18 Å². The Morgan fingerprint density at radius 3 is 2.94 bits per heavy atom. The lowest BCUT2D eigenvalue weighted by atomic mass is 10.1. The number of hydrogen-bond donors (Lipinski definition) is 2. The summed E-state index contributed by atoms with van der Waals surface area (Å²) in [7, 11) is 1.18. The second-order valence-electron chi connectivity index (χ2n) is 2.93. The third-order valence-corrected chi connectivity index (χ3v) is 1.90. The molecule has 0 saturated heterocycles. The molecule has 0 aliphatic heterocycles. The van der Waals surface area contributed by atoms with E-state index in [0.717, 1.165) is 0 Å². The lowest BCUT2D eigenvalue weighted by Crippen LogP contribution is -2.24. The second kappa shape index (κ2) is 5.90.